The molecule has 0 aromatic rings. The predicted octanol–water partition coefficient (Wildman–Crippen LogP) is 1.25. The first kappa shape index (κ1) is 15.9. The summed E-state index contributed by atoms with van der Waals surface area (Å²) in [7, 11) is 0. The minimum absolute atomic E-state index is 0.143. The lowest BCUT2D eigenvalue weighted by Gasteiger charge is -2.38. The summed E-state index contributed by atoms with van der Waals surface area (Å²) < 4.78 is 0. The van der Waals surface area contributed by atoms with Gasteiger partial charge in [-0.1, -0.05) is 12.2 Å². The second-order valence-electron chi connectivity index (χ2n) is 5.33. The molecule has 1 aliphatic rings. The summed E-state index contributed by atoms with van der Waals surface area (Å²) in [6, 6.07) is 0.459. The van der Waals surface area contributed by atoms with Crippen molar-refractivity contribution in [2.24, 2.45) is 11.7 Å². The van der Waals surface area contributed by atoms with Gasteiger partial charge in [-0.2, -0.15) is 0 Å². The van der Waals surface area contributed by atoms with E-state index in [9.17, 15) is 4.79 Å². The van der Waals surface area contributed by atoms with Crippen LogP contribution in [0.1, 0.15) is 19.8 Å². The molecule has 1 heterocycles. The lowest BCUT2D eigenvalue weighted by Crippen LogP contribution is -2.49. The number of carbonyl (C=O) groups is 1. The number of amides is 1. The quantitative estimate of drug-likeness (QED) is 0.705. The van der Waals surface area contributed by atoms with Crippen LogP contribution in [0, 0.1) is 5.92 Å². The van der Waals surface area contributed by atoms with Gasteiger partial charge < -0.3 is 10.6 Å². The fraction of sp³-hybridized carbons (Fsp3) is 0.667. The second-order valence-corrected chi connectivity index (χ2v) is 5.33. The van der Waals surface area contributed by atoms with Crippen LogP contribution in [0.2, 0.25) is 0 Å². The third-order valence-corrected chi connectivity index (χ3v) is 3.83. The first-order valence-corrected chi connectivity index (χ1v) is 7.06. The highest BCUT2D eigenvalue weighted by Crippen LogP contribution is 2.20. The Morgan fingerprint density at radius 2 is 2.00 bits per heavy atom. The fourth-order valence-corrected chi connectivity index (χ4v) is 2.54. The Kier molecular flexibility index (Phi) is 6.81. The van der Waals surface area contributed by atoms with E-state index in [0.717, 1.165) is 13.0 Å². The maximum atomic E-state index is 12.3. The van der Waals surface area contributed by atoms with Gasteiger partial charge in [0.25, 0.3) is 0 Å². The van der Waals surface area contributed by atoms with Gasteiger partial charge in [0.05, 0.1) is 6.54 Å². The Labute approximate surface area is 116 Å². The van der Waals surface area contributed by atoms with Gasteiger partial charge in [-0.3, -0.25) is 9.69 Å². The SMILES string of the molecule is C=CCN(CC=C)C(=O)CN1CC(CN)CCC1C. The van der Waals surface area contributed by atoms with Crippen molar-refractivity contribution < 1.29 is 4.79 Å². The van der Waals surface area contributed by atoms with Gasteiger partial charge in [0.15, 0.2) is 0 Å². The van der Waals surface area contributed by atoms with Crippen LogP contribution in [0.4, 0.5) is 0 Å². The number of likely N-dealkylation sites (tertiary alicyclic amines) is 1. The van der Waals surface area contributed by atoms with Crippen LogP contribution in [-0.2, 0) is 4.79 Å². The van der Waals surface area contributed by atoms with E-state index < -0.39 is 0 Å². The van der Waals surface area contributed by atoms with Gasteiger partial charge >= 0.3 is 0 Å². The van der Waals surface area contributed by atoms with E-state index in [2.05, 4.69) is 25.0 Å². The van der Waals surface area contributed by atoms with Crippen molar-refractivity contribution in [3.8, 4) is 0 Å². The molecule has 2 atom stereocenters. The molecule has 0 saturated carbocycles. The normalized spacial score (nSPS) is 23.9. The van der Waals surface area contributed by atoms with Crippen LogP contribution in [0.25, 0.3) is 0 Å². The summed E-state index contributed by atoms with van der Waals surface area (Å²) in [6.07, 6.45) is 5.80. The van der Waals surface area contributed by atoms with E-state index in [1.807, 2.05) is 0 Å². The Morgan fingerprint density at radius 1 is 1.37 bits per heavy atom. The van der Waals surface area contributed by atoms with E-state index in [-0.39, 0.29) is 5.91 Å². The second kappa shape index (κ2) is 8.12. The molecule has 1 saturated heterocycles. The molecule has 1 fully saturated rings. The van der Waals surface area contributed by atoms with Gasteiger partial charge in [-0.15, -0.1) is 13.2 Å². The first-order chi connectivity index (χ1) is 9.12. The molecule has 108 valence electrons. The van der Waals surface area contributed by atoms with Crippen molar-refractivity contribution in [3.63, 3.8) is 0 Å². The Hall–Kier alpha value is -1.13. The molecule has 2 N–H and O–H groups in total. The number of nitrogens with two attached hydrogens (primary N) is 1. The van der Waals surface area contributed by atoms with Gasteiger partial charge in [0.2, 0.25) is 5.91 Å². The molecular weight excluding hydrogens is 238 g/mol. The smallest absolute Gasteiger partial charge is 0.237 e. The number of piperidine rings is 1. The van der Waals surface area contributed by atoms with E-state index in [1.165, 1.54) is 6.42 Å². The minimum atomic E-state index is 0.143. The summed E-state index contributed by atoms with van der Waals surface area (Å²) in [5.41, 5.74) is 5.75. The molecule has 1 aliphatic heterocycles. The van der Waals surface area contributed by atoms with Crippen LogP contribution >= 0.6 is 0 Å². The van der Waals surface area contributed by atoms with E-state index in [4.69, 9.17) is 5.73 Å². The van der Waals surface area contributed by atoms with Crippen molar-refractivity contribution in [2.45, 2.75) is 25.8 Å². The predicted molar refractivity (Wildman–Crippen MR) is 79.8 cm³/mol. The standard InChI is InChI=1S/C15H27N3O/c1-4-8-17(9-5-2)15(19)12-18-11-14(10-16)7-6-13(18)3/h4-5,13-14H,1-2,6-12,16H2,3H3. The highest BCUT2D eigenvalue weighted by Gasteiger charge is 2.27. The molecule has 1 amide bonds. The van der Waals surface area contributed by atoms with Gasteiger partial charge in [0.1, 0.15) is 0 Å². The number of hydrogen-bond acceptors (Lipinski definition) is 3. The number of hydrogen-bond donors (Lipinski definition) is 1. The Balaban J connectivity index is 2.56. The molecule has 4 nitrogen and oxygen atoms in total. The lowest BCUT2D eigenvalue weighted by molar-refractivity contribution is -0.132. The highest BCUT2D eigenvalue weighted by molar-refractivity contribution is 5.78. The maximum absolute atomic E-state index is 12.3. The molecule has 4 heteroatoms. The van der Waals surface area contributed by atoms with Crippen LogP contribution in [0.5, 0.6) is 0 Å². The van der Waals surface area contributed by atoms with Gasteiger partial charge in [-0.05, 0) is 32.2 Å². The number of carbonyl (C=O) groups excluding carboxylic acids is 1. The van der Waals surface area contributed by atoms with Crippen LogP contribution in [0.3, 0.4) is 0 Å². The molecule has 19 heavy (non-hydrogen) atoms. The van der Waals surface area contributed by atoms with E-state index in [1.54, 1.807) is 17.1 Å². The summed E-state index contributed by atoms with van der Waals surface area (Å²) in [4.78, 5) is 16.3. The van der Waals surface area contributed by atoms with Gasteiger partial charge in [-0.25, -0.2) is 0 Å². The largest absolute Gasteiger partial charge is 0.334 e. The molecular formula is C15H27N3O. The Bertz CT molecular complexity index is 307. The topological polar surface area (TPSA) is 49.6 Å². The molecule has 1 rings (SSSR count). The molecule has 0 aromatic carbocycles. The number of nitrogens with zero attached hydrogens (tertiary/aromatic N) is 2. The Morgan fingerprint density at radius 3 is 2.53 bits per heavy atom. The van der Waals surface area contributed by atoms with Crippen molar-refractivity contribution in [3.05, 3.63) is 25.3 Å². The van der Waals surface area contributed by atoms with Crippen molar-refractivity contribution in [1.82, 2.24) is 9.80 Å². The van der Waals surface area contributed by atoms with E-state index in [0.29, 0.717) is 38.1 Å². The monoisotopic (exact) mass is 265 g/mol. The van der Waals surface area contributed by atoms with Crippen molar-refractivity contribution in [2.75, 3.05) is 32.7 Å². The molecule has 0 aromatic heterocycles. The van der Waals surface area contributed by atoms with Crippen molar-refractivity contribution in [1.29, 1.82) is 0 Å². The zero-order valence-corrected chi connectivity index (χ0v) is 12.1. The van der Waals surface area contributed by atoms with Crippen LogP contribution < -0.4 is 5.73 Å². The molecule has 0 bridgehead atoms. The first-order valence-electron chi connectivity index (χ1n) is 7.06. The molecule has 2 unspecified atom stereocenters. The zero-order valence-electron chi connectivity index (χ0n) is 12.1. The summed E-state index contributed by atoms with van der Waals surface area (Å²) in [5, 5.41) is 0. The van der Waals surface area contributed by atoms with Crippen LogP contribution in [0.15, 0.2) is 25.3 Å². The number of rotatable bonds is 7. The summed E-state index contributed by atoms with van der Waals surface area (Å²) >= 11 is 0. The molecule has 0 radical (unpaired) electrons. The van der Waals surface area contributed by atoms with Crippen LogP contribution in [-0.4, -0.2) is 54.5 Å². The maximum Gasteiger partial charge on any atom is 0.237 e. The van der Waals surface area contributed by atoms with Crippen molar-refractivity contribution >= 4 is 5.91 Å². The third-order valence-electron chi connectivity index (χ3n) is 3.83. The average molecular weight is 265 g/mol. The minimum Gasteiger partial charge on any atom is -0.334 e. The zero-order chi connectivity index (χ0) is 14.3. The third kappa shape index (κ3) is 4.80. The fourth-order valence-electron chi connectivity index (χ4n) is 2.54. The highest BCUT2D eigenvalue weighted by atomic mass is 16.2. The molecule has 0 spiro atoms. The summed E-state index contributed by atoms with van der Waals surface area (Å²) in [6.45, 7) is 12.8. The van der Waals surface area contributed by atoms with E-state index >= 15 is 0 Å². The lowest BCUT2D eigenvalue weighted by atomic mass is 9.93. The molecule has 0 aliphatic carbocycles. The van der Waals surface area contributed by atoms with Gasteiger partial charge in [0, 0.05) is 25.7 Å². The average Bonchev–Trinajstić information content (AvgIpc) is 2.41. The summed E-state index contributed by atoms with van der Waals surface area (Å²) in [5.74, 6) is 0.667.